The molecule has 0 aliphatic carbocycles. The summed E-state index contributed by atoms with van der Waals surface area (Å²) in [6, 6.07) is 7.45. The van der Waals surface area contributed by atoms with Crippen LogP contribution in [0.1, 0.15) is 18.9 Å². The minimum absolute atomic E-state index is 0.320. The van der Waals surface area contributed by atoms with Gasteiger partial charge in [-0.05, 0) is 55.6 Å². The average Bonchev–Trinajstić information content (AvgIpc) is 3.58. The monoisotopic (exact) mass is 471 g/mol. The summed E-state index contributed by atoms with van der Waals surface area (Å²) in [4.78, 5) is 13.4. The van der Waals surface area contributed by atoms with Gasteiger partial charge in [0.2, 0.25) is 0 Å². The summed E-state index contributed by atoms with van der Waals surface area (Å²) in [7, 11) is 0. The van der Waals surface area contributed by atoms with Gasteiger partial charge in [0.1, 0.15) is 16.6 Å². The molecule has 1 fully saturated rings. The molecule has 1 aliphatic heterocycles. The number of nitrogens with two attached hydrogens (primary N) is 1. The Balaban J connectivity index is 1.42. The first-order chi connectivity index (χ1) is 16.7. The number of nitrogens with zero attached hydrogens (tertiary/aromatic N) is 5. The van der Waals surface area contributed by atoms with Crippen LogP contribution in [0, 0.1) is 5.82 Å². The van der Waals surface area contributed by atoms with E-state index in [1.165, 1.54) is 17.4 Å². The Morgan fingerprint density at radius 1 is 0.971 bits per heavy atom. The van der Waals surface area contributed by atoms with Crippen LogP contribution in [0.2, 0.25) is 0 Å². The molecule has 0 atom stereocenters. The Labute approximate surface area is 199 Å². The molecule has 0 unspecified atom stereocenters. The van der Waals surface area contributed by atoms with Crippen LogP contribution in [0.3, 0.4) is 0 Å². The first kappa shape index (κ1) is 20.9. The second-order valence-corrected chi connectivity index (χ2v) is 9.29. The maximum atomic E-state index is 14.6. The molecule has 170 valence electrons. The van der Waals surface area contributed by atoms with E-state index in [-0.39, 0.29) is 5.82 Å². The van der Waals surface area contributed by atoms with E-state index < -0.39 is 0 Å². The standard InChI is InChI=1S/C25H22FN7S/c26-22-2-1-18(25-29-7-8-34-25)19-10-23(30-13-21(19)22)20-9-15(11-31-24(20)27)16-12-32-33(14-16)17-3-5-28-6-4-17/h1-2,7-14,17,28H,3-6H2,(H2,27,31). The zero-order chi connectivity index (χ0) is 23.1. The zero-order valence-electron chi connectivity index (χ0n) is 18.3. The summed E-state index contributed by atoms with van der Waals surface area (Å²) < 4.78 is 16.6. The zero-order valence-corrected chi connectivity index (χ0v) is 19.1. The highest BCUT2D eigenvalue weighted by molar-refractivity contribution is 7.13. The fourth-order valence-electron chi connectivity index (χ4n) is 4.49. The van der Waals surface area contributed by atoms with Gasteiger partial charge >= 0.3 is 0 Å². The number of nitrogens with one attached hydrogen (secondary N) is 1. The topological polar surface area (TPSA) is 94.5 Å². The number of thiazole rings is 1. The van der Waals surface area contributed by atoms with Gasteiger partial charge in [-0.3, -0.25) is 9.67 Å². The van der Waals surface area contributed by atoms with Gasteiger partial charge in [-0.2, -0.15) is 5.10 Å². The molecule has 1 saturated heterocycles. The van der Waals surface area contributed by atoms with Crippen molar-refractivity contribution >= 4 is 27.9 Å². The van der Waals surface area contributed by atoms with Crippen molar-refractivity contribution in [3.8, 4) is 33.0 Å². The van der Waals surface area contributed by atoms with Gasteiger partial charge in [-0.1, -0.05) is 0 Å². The Kier molecular flexibility index (Phi) is 5.27. The smallest absolute Gasteiger partial charge is 0.132 e. The number of rotatable bonds is 4. The molecular formula is C25H22FN7S. The van der Waals surface area contributed by atoms with Crippen molar-refractivity contribution in [2.45, 2.75) is 18.9 Å². The van der Waals surface area contributed by atoms with Crippen molar-refractivity contribution in [1.82, 2.24) is 30.0 Å². The Bertz CT molecular complexity index is 1470. The van der Waals surface area contributed by atoms with Crippen molar-refractivity contribution < 1.29 is 4.39 Å². The second-order valence-electron chi connectivity index (χ2n) is 8.39. The predicted molar refractivity (Wildman–Crippen MR) is 133 cm³/mol. The van der Waals surface area contributed by atoms with Gasteiger partial charge in [-0.25, -0.2) is 14.4 Å². The molecule has 3 N–H and O–H groups in total. The molecule has 6 rings (SSSR count). The quantitative estimate of drug-likeness (QED) is 0.386. The molecule has 7 nitrogen and oxygen atoms in total. The summed E-state index contributed by atoms with van der Waals surface area (Å²) in [5.74, 6) is 0.0491. The lowest BCUT2D eigenvalue weighted by Crippen LogP contribution is -2.29. The highest BCUT2D eigenvalue weighted by Crippen LogP contribution is 2.35. The molecule has 34 heavy (non-hydrogen) atoms. The normalized spacial score (nSPS) is 14.6. The lowest BCUT2D eigenvalue weighted by atomic mass is 10.0. The second kappa shape index (κ2) is 8.58. The Morgan fingerprint density at radius 2 is 1.85 bits per heavy atom. The van der Waals surface area contributed by atoms with E-state index in [1.54, 1.807) is 24.7 Å². The van der Waals surface area contributed by atoms with Gasteiger partial charge in [0.15, 0.2) is 0 Å². The fraction of sp³-hybridized carbons (Fsp3) is 0.200. The van der Waals surface area contributed by atoms with E-state index in [1.807, 2.05) is 28.4 Å². The third-order valence-electron chi connectivity index (χ3n) is 6.32. The van der Waals surface area contributed by atoms with Crippen molar-refractivity contribution in [1.29, 1.82) is 0 Å². The molecule has 9 heteroatoms. The van der Waals surface area contributed by atoms with Crippen molar-refractivity contribution in [3.05, 3.63) is 66.4 Å². The highest BCUT2D eigenvalue weighted by Gasteiger charge is 2.18. The van der Waals surface area contributed by atoms with E-state index in [2.05, 4.69) is 31.6 Å². The van der Waals surface area contributed by atoms with E-state index >= 15 is 0 Å². The molecule has 1 aliphatic rings. The Morgan fingerprint density at radius 3 is 2.68 bits per heavy atom. The van der Waals surface area contributed by atoms with E-state index in [9.17, 15) is 4.39 Å². The van der Waals surface area contributed by atoms with E-state index in [0.29, 0.717) is 28.5 Å². The van der Waals surface area contributed by atoms with Gasteiger partial charge in [0, 0.05) is 57.8 Å². The van der Waals surface area contributed by atoms with Gasteiger partial charge in [0.05, 0.1) is 17.9 Å². The van der Waals surface area contributed by atoms with E-state index in [4.69, 9.17) is 5.73 Å². The molecule has 0 bridgehead atoms. The van der Waals surface area contributed by atoms with Crippen molar-refractivity contribution in [3.63, 3.8) is 0 Å². The molecule has 5 heterocycles. The van der Waals surface area contributed by atoms with Gasteiger partial charge in [-0.15, -0.1) is 11.3 Å². The van der Waals surface area contributed by atoms with Crippen LogP contribution in [0.25, 0.3) is 43.7 Å². The fourth-order valence-corrected chi connectivity index (χ4v) is 5.17. The van der Waals surface area contributed by atoms with Crippen LogP contribution in [0.15, 0.2) is 60.6 Å². The lowest BCUT2D eigenvalue weighted by Gasteiger charge is -2.22. The summed E-state index contributed by atoms with van der Waals surface area (Å²) >= 11 is 1.51. The molecule has 4 aromatic heterocycles. The van der Waals surface area contributed by atoms with Crippen LogP contribution in [-0.4, -0.2) is 37.8 Å². The first-order valence-electron chi connectivity index (χ1n) is 11.2. The number of aromatic nitrogens is 5. The van der Waals surface area contributed by atoms with Crippen LogP contribution >= 0.6 is 11.3 Å². The van der Waals surface area contributed by atoms with Crippen LogP contribution in [0.4, 0.5) is 10.2 Å². The van der Waals surface area contributed by atoms with Gasteiger partial charge in [0.25, 0.3) is 0 Å². The number of pyridine rings is 2. The highest BCUT2D eigenvalue weighted by atomic mass is 32.1. The summed E-state index contributed by atoms with van der Waals surface area (Å²) in [5, 5.41) is 11.9. The number of hydrogen-bond acceptors (Lipinski definition) is 7. The predicted octanol–water partition coefficient (Wildman–Crippen LogP) is 4.93. The van der Waals surface area contributed by atoms with Crippen molar-refractivity contribution in [2.24, 2.45) is 0 Å². The summed E-state index contributed by atoms with van der Waals surface area (Å²) in [6.07, 6.45) is 11.1. The number of anilines is 1. The molecule has 0 radical (unpaired) electrons. The molecule has 0 amide bonds. The number of hydrogen-bond donors (Lipinski definition) is 2. The number of fused-ring (bicyclic) bond motifs is 1. The average molecular weight is 472 g/mol. The third-order valence-corrected chi connectivity index (χ3v) is 7.13. The summed E-state index contributed by atoms with van der Waals surface area (Å²) in [6.45, 7) is 2.01. The molecule has 0 spiro atoms. The van der Waals surface area contributed by atoms with Crippen LogP contribution in [-0.2, 0) is 0 Å². The van der Waals surface area contributed by atoms with E-state index in [0.717, 1.165) is 53.0 Å². The van der Waals surface area contributed by atoms with Gasteiger partial charge < -0.3 is 11.1 Å². The number of nitrogen functional groups attached to an aromatic ring is 1. The summed E-state index contributed by atoms with van der Waals surface area (Å²) in [5.41, 5.74) is 10.3. The van der Waals surface area contributed by atoms with Crippen molar-refractivity contribution in [2.75, 3.05) is 18.8 Å². The number of benzene rings is 1. The number of halogens is 1. The molecule has 1 aromatic carbocycles. The maximum Gasteiger partial charge on any atom is 0.132 e. The van der Waals surface area contributed by atoms with Crippen LogP contribution in [0.5, 0.6) is 0 Å². The SMILES string of the molecule is Nc1ncc(-c2cnn(C3CCNCC3)c2)cc1-c1cc2c(-c3nccs3)ccc(F)c2cn1. The molecular weight excluding hydrogens is 449 g/mol. The first-order valence-corrected chi connectivity index (χ1v) is 12.0. The number of piperidine rings is 1. The Hall–Kier alpha value is -3.69. The minimum atomic E-state index is -0.320. The lowest BCUT2D eigenvalue weighted by molar-refractivity contribution is 0.343. The minimum Gasteiger partial charge on any atom is -0.383 e. The maximum absolute atomic E-state index is 14.6. The molecule has 0 saturated carbocycles. The molecule has 5 aromatic rings. The largest absolute Gasteiger partial charge is 0.383 e. The van der Waals surface area contributed by atoms with Crippen LogP contribution < -0.4 is 11.1 Å². The third kappa shape index (κ3) is 3.72.